The molecule has 0 aliphatic heterocycles. The third-order valence-electron chi connectivity index (χ3n) is 5.49. The van der Waals surface area contributed by atoms with Crippen molar-refractivity contribution in [1.82, 2.24) is 15.0 Å². The molecule has 1 fully saturated rings. The van der Waals surface area contributed by atoms with Gasteiger partial charge in [0.1, 0.15) is 18.0 Å². The standard InChI is InChI=1S/C24H25N5O2/c1-31-24(30)18-13-20(14-18)29-23-21(22(25)27-15-28-23)12-17-7-5-16(6-8-17)9-10-19-4-2-3-11-26-19/h2-11,15,18,20H,12-14H2,1H3,(H3,25,27,28,29)/b10-9+. The van der Waals surface area contributed by atoms with Gasteiger partial charge >= 0.3 is 5.97 Å². The molecule has 0 amide bonds. The Morgan fingerprint density at radius 2 is 1.94 bits per heavy atom. The Balaban J connectivity index is 1.42. The number of pyridine rings is 1. The van der Waals surface area contributed by atoms with Crippen molar-refractivity contribution in [3.63, 3.8) is 0 Å². The van der Waals surface area contributed by atoms with Crippen LogP contribution >= 0.6 is 0 Å². The van der Waals surface area contributed by atoms with Crippen LogP contribution < -0.4 is 11.1 Å². The zero-order valence-electron chi connectivity index (χ0n) is 17.4. The van der Waals surface area contributed by atoms with Gasteiger partial charge in [0.2, 0.25) is 0 Å². The van der Waals surface area contributed by atoms with Crippen molar-refractivity contribution in [2.75, 3.05) is 18.2 Å². The number of nitrogen functional groups attached to an aromatic ring is 1. The molecule has 31 heavy (non-hydrogen) atoms. The third-order valence-corrected chi connectivity index (χ3v) is 5.49. The van der Waals surface area contributed by atoms with Gasteiger partial charge in [-0.1, -0.05) is 36.4 Å². The highest BCUT2D eigenvalue weighted by Gasteiger charge is 2.35. The lowest BCUT2D eigenvalue weighted by atomic mass is 9.80. The number of esters is 1. The van der Waals surface area contributed by atoms with E-state index >= 15 is 0 Å². The molecule has 4 rings (SSSR count). The number of hydrogen-bond donors (Lipinski definition) is 2. The number of anilines is 2. The number of nitrogens with zero attached hydrogens (tertiary/aromatic N) is 3. The van der Waals surface area contributed by atoms with Gasteiger partial charge < -0.3 is 15.8 Å². The van der Waals surface area contributed by atoms with Gasteiger partial charge in [-0.2, -0.15) is 0 Å². The van der Waals surface area contributed by atoms with E-state index in [4.69, 9.17) is 10.5 Å². The average molecular weight is 415 g/mol. The SMILES string of the molecule is COC(=O)C1CC(Nc2ncnc(N)c2Cc2ccc(/C=C/c3ccccn3)cc2)C1. The number of ether oxygens (including phenoxy) is 1. The summed E-state index contributed by atoms with van der Waals surface area (Å²) in [4.78, 5) is 24.4. The van der Waals surface area contributed by atoms with E-state index < -0.39 is 0 Å². The molecule has 1 aliphatic rings. The first-order valence-electron chi connectivity index (χ1n) is 10.2. The van der Waals surface area contributed by atoms with Crippen LogP contribution in [0.15, 0.2) is 55.0 Å². The van der Waals surface area contributed by atoms with Crippen molar-refractivity contribution >= 4 is 29.8 Å². The Hall–Kier alpha value is -3.74. The Bertz CT molecular complexity index is 1060. The zero-order valence-corrected chi connectivity index (χ0v) is 17.4. The molecule has 0 unspecified atom stereocenters. The topological polar surface area (TPSA) is 103 Å². The normalized spacial score (nSPS) is 17.8. The monoisotopic (exact) mass is 415 g/mol. The maximum atomic E-state index is 11.6. The largest absolute Gasteiger partial charge is 0.469 e. The molecule has 7 heteroatoms. The second-order valence-corrected chi connectivity index (χ2v) is 7.63. The predicted molar refractivity (Wildman–Crippen MR) is 121 cm³/mol. The summed E-state index contributed by atoms with van der Waals surface area (Å²) in [5.41, 5.74) is 10.1. The Labute approximate surface area is 181 Å². The molecule has 1 aromatic carbocycles. The zero-order chi connectivity index (χ0) is 21.6. The smallest absolute Gasteiger partial charge is 0.308 e. The number of benzene rings is 1. The maximum absolute atomic E-state index is 11.6. The first-order valence-corrected chi connectivity index (χ1v) is 10.2. The minimum Gasteiger partial charge on any atom is -0.469 e. The van der Waals surface area contributed by atoms with Crippen LogP contribution in [0.5, 0.6) is 0 Å². The van der Waals surface area contributed by atoms with Crippen molar-refractivity contribution in [3.8, 4) is 0 Å². The van der Waals surface area contributed by atoms with Gasteiger partial charge in [-0.05, 0) is 42.2 Å². The summed E-state index contributed by atoms with van der Waals surface area (Å²) in [7, 11) is 1.42. The van der Waals surface area contributed by atoms with Crippen LogP contribution in [0.3, 0.4) is 0 Å². The lowest BCUT2D eigenvalue weighted by Crippen LogP contribution is -2.40. The Morgan fingerprint density at radius 3 is 2.65 bits per heavy atom. The van der Waals surface area contributed by atoms with Crippen molar-refractivity contribution < 1.29 is 9.53 Å². The summed E-state index contributed by atoms with van der Waals surface area (Å²) in [5.74, 6) is 0.981. The number of carbonyl (C=O) groups excluding carboxylic acids is 1. The van der Waals surface area contributed by atoms with E-state index in [0.717, 1.165) is 41.0 Å². The maximum Gasteiger partial charge on any atom is 0.308 e. The summed E-state index contributed by atoms with van der Waals surface area (Å²) in [6.45, 7) is 0. The lowest BCUT2D eigenvalue weighted by Gasteiger charge is -2.34. The van der Waals surface area contributed by atoms with Crippen molar-refractivity contribution in [1.29, 1.82) is 0 Å². The minimum atomic E-state index is -0.155. The molecule has 1 saturated carbocycles. The van der Waals surface area contributed by atoms with Crippen LogP contribution in [0.25, 0.3) is 12.2 Å². The van der Waals surface area contributed by atoms with Gasteiger partial charge in [0, 0.05) is 24.2 Å². The van der Waals surface area contributed by atoms with Gasteiger partial charge in [0.05, 0.1) is 18.7 Å². The molecular weight excluding hydrogens is 390 g/mol. The molecule has 2 heterocycles. The molecule has 0 spiro atoms. The van der Waals surface area contributed by atoms with E-state index in [2.05, 4.69) is 44.5 Å². The van der Waals surface area contributed by atoms with E-state index in [1.54, 1.807) is 6.20 Å². The number of carbonyl (C=O) groups is 1. The number of hydrogen-bond acceptors (Lipinski definition) is 7. The molecule has 0 radical (unpaired) electrons. The second-order valence-electron chi connectivity index (χ2n) is 7.63. The molecule has 2 aromatic heterocycles. The van der Waals surface area contributed by atoms with Crippen LogP contribution in [-0.2, 0) is 16.0 Å². The fraction of sp³-hybridized carbons (Fsp3) is 0.250. The molecule has 0 atom stereocenters. The summed E-state index contributed by atoms with van der Waals surface area (Å²) < 4.78 is 4.81. The molecule has 7 nitrogen and oxygen atoms in total. The highest BCUT2D eigenvalue weighted by Crippen LogP contribution is 2.32. The first kappa shape index (κ1) is 20.5. The number of nitrogens with one attached hydrogen (secondary N) is 1. The van der Waals surface area contributed by atoms with Gasteiger partial charge in [0.15, 0.2) is 0 Å². The van der Waals surface area contributed by atoms with Crippen LogP contribution in [0, 0.1) is 5.92 Å². The van der Waals surface area contributed by atoms with Gasteiger partial charge in [-0.3, -0.25) is 9.78 Å². The molecule has 158 valence electrons. The number of aromatic nitrogens is 3. The molecule has 0 bridgehead atoms. The molecule has 3 aromatic rings. The third kappa shape index (κ3) is 5.06. The van der Waals surface area contributed by atoms with Crippen LogP contribution in [-0.4, -0.2) is 34.1 Å². The highest BCUT2D eigenvalue weighted by atomic mass is 16.5. The van der Waals surface area contributed by atoms with E-state index in [-0.39, 0.29) is 17.9 Å². The quantitative estimate of drug-likeness (QED) is 0.569. The lowest BCUT2D eigenvalue weighted by molar-refractivity contribution is -0.148. The summed E-state index contributed by atoms with van der Waals surface area (Å²) in [6.07, 6.45) is 9.34. The fourth-order valence-corrected chi connectivity index (χ4v) is 3.62. The predicted octanol–water partition coefficient (Wildman–Crippen LogP) is 3.58. The summed E-state index contributed by atoms with van der Waals surface area (Å²) in [5, 5.41) is 3.41. The molecule has 3 N–H and O–H groups in total. The fourth-order valence-electron chi connectivity index (χ4n) is 3.62. The van der Waals surface area contributed by atoms with E-state index in [0.29, 0.717) is 12.2 Å². The van der Waals surface area contributed by atoms with Crippen LogP contribution in [0.2, 0.25) is 0 Å². The number of methoxy groups -OCH3 is 1. The number of nitrogens with two attached hydrogens (primary N) is 1. The Morgan fingerprint density at radius 1 is 1.13 bits per heavy atom. The molecule has 1 aliphatic carbocycles. The van der Waals surface area contributed by atoms with Gasteiger partial charge in [-0.15, -0.1) is 0 Å². The van der Waals surface area contributed by atoms with Crippen LogP contribution in [0.4, 0.5) is 11.6 Å². The van der Waals surface area contributed by atoms with Gasteiger partial charge in [0.25, 0.3) is 0 Å². The average Bonchev–Trinajstić information content (AvgIpc) is 2.77. The summed E-state index contributed by atoms with van der Waals surface area (Å²) >= 11 is 0. The van der Waals surface area contributed by atoms with Crippen molar-refractivity contribution in [3.05, 3.63) is 77.4 Å². The number of rotatable bonds is 7. The van der Waals surface area contributed by atoms with E-state index in [9.17, 15) is 4.79 Å². The highest BCUT2D eigenvalue weighted by molar-refractivity contribution is 5.74. The minimum absolute atomic E-state index is 0.0446. The van der Waals surface area contributed by atoms with Gasteiger partial charge in [-0.25, -0.2) is 9.97 Å². The Kier molecular flexibility index (Phi) is 6.21. The second kappa shape index (κ2) is 9.38. The van der Waals surface area contributed by atoms with Crippen molar-refractivity contribution in [2.24, 2.45) is 5.92 Å². The molecular formula is C24H25N5O2. The molecule has 0 saturated heterocycles. The van der Waals surface area contributed by atoms with E-state index in [1.165, 1.54) is 13.4 Å². The summed E-state index contributed by atoms with van der Waals surface area (Å²) in [6, 6.07) is 14.3. The van der Waals surface area contributed by atoms with Crippen molar-refractivity contribution in [2.45, 2.75) is 25.3 Å². The first-order chi connectivity index (χ1) is 15.1. The van der Waals surface area contributed by atoms with E-state index in [1.807, 2.05) is 30.4 Å². The van der Waals surface area contributed by atoms with Crippen LogP contribution in [0.1, 0.15) is 35.2 Å².